The summed E-state index contributed by atoms with van der Waals surface area (Å²) in [5.74, 6) is -0.133. The van der Waals surface area contributed by atoms with Crippen LogP contribution in [0.4, 0.5) is 0 Å². The molecule has 1 amide bonds. The van der Waals surface area contributed by atoms with E-state index in [1.807, 2.05) is 24.3 Å². The number of hydrogen-bond acceptors (Lipinski definition) is 3. The normalized spacial score (nSPS) is 12.7. The quantitative estimate of drug-likeness (QED) is 0.831. The summed E-state index contributed by atoms with van der Waals surface area (Å²) in [7, 11) is 3.37. The number of carbonyl (C=O) groups is 1. The highest BCUT2D eigenvalue weighted by Crippen LogP contribution is 2.25. The molecule has 1 aromatic heterocycles. The molecule has 1 heterocycles. The second kappa shape index (κ2) is 3.98. The summed E-state index contributed by atoms with van der Waals surface area (Å²) >= 11 is 0. The van der Waals surface area contributed by atoms with Gasteiger partial charge in [-0.25, -0.2) is 0 Å². The lowest BCUT2D eigenvalue weighted by Crippen LogP contribution is -2.32. The molecule has 1 aromatic carbocycles. The summed E-state index contributed by atoms with van der Waals surface area (Å²) < 4.78 is 5.35. The molecule has 16 heavy (non-hydrogen) atoms. The van der Waals surface area contributed by atoms with Gasteiger partial charge in [-0.2, -0.15) is 0 Å². The number of furan rings is 1. The van der Waals surface area contributed by atoms with Crippen LogP contribution >= 0.6 is 0 Å². The van der Waals surface area contributed by atoms with E-state index < -0.39 is 6.04 Å². The minimum atomic E-state index is -0.668. The largest absolute Gasteiger partial charge is 0.464 e. The number of para-hydroxylation sites is 1. The molecule has 0 radical (unpaired) electrons. The Morgan fingerprint density at radius 3 is 2.75 bits per heavy atom. The first-order chi connectivity index (χ1) is 7.61. The van der Waals surface area contributed by atoms with Crippen molar-refractivity contribution < 1.29 is 9.21 Å². The van der Waals surface area contributed by atoms with Crippen molar-refractivity contribution in [3.63, 3.8) is 0 Å². The summed E-state index contributed by atoms with van der Waals surface area (Å²) in [5.41, 5.74) is 7.38. The molecule has 2 rings (SSSR count). The lowest BCUT2D eigenvalue weighted by atomic mass is 10.1. The number of nitrogens with zero attached hydrogens (tertiary/aromatic N) is 1. The molecule has 2 N–H and O–H groups in total. The zero-order valence-electron chi connectivity index (χ0n) is 9.31. The molecule has 0 aliphatic rings. The van der Waals surface area contributed by atoms with E-state index in [9.17, 15) is 4.79 Å². The predicted molar refractivity (Wildman–Crippen MR) is 61.8 cm³/mol. The summed E-state index contributed by atoms with van der Waals surface area (Å²) in [6.07, 6.45) is 1.55. The van der Waals surface area contributed by atoms with Gasteiger partial charge in [-0.05, 0) is 6.07 Å². The van der Waals surface area contributed by atoms with Crippen LogP contribution in [-0.2, 0) is 4.79 Å². The molecule has 1 unspecified atom stereocenters. The maximum Gasteiger partial charge on any atom is 0.243 e. The Kier molecular flexibility index (Phi) is 2.66. The molecule has 0 saturated heterocycles. The number of fused-ring (bicyclic) bond motifs is 1. The maximum atomic E-state index is 11.7. The highest BCUT2D eigenvalue weighted by Gasteiger charge is 2.21. The van der Waals surface area contributed by atoms with Crippen LogP contribution in [0.25, 0.3) is 11.0 Å². The van der Waals surface area contributed by atoms with Crippen molar-refractivity contribution in [3.8, 4) is 0 Å². The Labute approximate surface area is 93.6 Å². The third kappa shape index (κ3) is 1.67. The predicted octanol–water partition coefficient (Wildman–Crippen LogP) is 1.52. The molecule has 0 aliphatic carbocycles. The minimum Gasteiger partial charge on any atom is -0.464 e. The molecule has 4 heteroatoms. The molecule has 0 bridgehead atoms. The first-order valence-electron chi connectivity index (χ1n) is 5.04. The van der Waals surface area contributed by atoms with E-state index in [-0.39, 0.29) is 5.91 Å². The van der Waals surface area contributed by atoms with Gasteiger partial charge in [-0.3, -0.25) is 4.79 Å². The molecule has 0 spiro atoms. The van der Waals surface area contributed by atoms with E-state index in [0.717, 1.165) is 16.5 Å². The fraction of sp³-hybridized carbons (Fsp3) is 0.250. The Morgan fingerprint density at radius 1 is 1.38 bits per heavy atom. The second-order valence-electron chi connectivity index (χ2n) is 3.90. The van der Waals surface area contributed by atoms with Gasteiger partial charge in [-0.1, -0.05) is 18.2 Å². The average molecular weight is 218 g/mol. The number of carbonyl (C=O) groups excluding carboxylic acids is 1. The van der Waals surface area contributed by atoms with Crippen molar-refractivity contribution in [3.05, 3.63) is 36.1 Å². The first-order valence-corrected chi connectivity index (χ1v) is 5.04. The van der Waals surface area contributed by atoms with E-state index >= 15 is 0 Å². The van der Waals surface area contributed by atoms with Gasteiger partial charge in [0.05, 0.1) is 6.26 Å². The van der Waals surface area contributed by atoms with Crippen LogP contribution in [0.3, 0.4) is 0 Å². The van der Waals surface area contributed by atoms with E-state index in [1.54, 1.807) is 20.4 Å². The molecule has 0 saturated carbocycles. The van der Waals surface area contributed by atoms with Gasteiger partial charge >= 0.3 is 0 Å². The molecule has 0 aliphatic heterocycles. The first kappa shape index (κ1) is 10.7. The average Bonchev–Trinajstić information content (AvgIpc) is 2.70. The molecule has 4 nitrogen and oxygen atoms in total. The van der Waals surface area contributed by atoms with Gasteiger partial charge in [0.1, 0.15) is 11.6 Å². The summed E-state index contributed by atoms with van der Waals surface area (Å²) in [6, 6.07) is 6.87. The van der Waals surface area contributed by atoms with Crippen LogP contribution in [0.15, 0.2) is 34.9 Å². The van der Waals surface area contributed by atoms with Crippen LogP contribution in [-0.4, -0.2) is 24.9 Å². The van der Waals surface area contributed by atoms with E-state index in [0.29, 0.717) is 0 Å². The van der Waals surface area contributed by atoms with Crippen molar-refractivity contribution in [2.24, 2.45) is 5.73 Å². The van der Waals surface area contributed by atoms with Gasteiger partial charge in [0.25, 0.3) is 0 Å². The van der Waals surface area contributed by atoms with Gasteiger partial charge in [0.15, 0.2) is 0 Å². The molecule has 1 atom stereocenters. The van der Waals surface area contributed by atoms with Gasteiger partial charge in [0, 0.05) is 25.0 Å². The van der Waals surface area contributed by atoms with Crippen molar-refractivity contribution in [1.29, 1.82) is 0 Å². The van der Waals surface area contributed by atoms with Crippen molar-refractivity contribution in [2.45, 2.75) is 6.04 Å². The molecular formula is C12H14N2O2. The number of likely N-dealkylation sites (N-methyl/N-ethyl adjacent to an activating group) is 1. The van der Waals surface area contributed by atoms with E-state index in [1.165, 1.54) is 4.90 Å². The Balaban J connectivity index is 2.44. The van der Waals surface area contributed by atoms with Crippen molar-refractivity contribution in [2.75, 3.05) is 14.1 Å². The Bertz CT molecular complexity index is 516. The third-order valence-corrected chi connectivity index (χ3v) is 2.55. The number of amides is 1. The highest BCUT2D eigenvalue weighted by atomic mass is 16.3. The number of nitrogens with two attached hydrogens (primary N) is 1. The second-order valence-corrected chi connectivity index (χ2v) is 3.90. The summed E-state index contributed by atoms with van der Waals surface area (Å²) in [6.45, 7) is 0. The number of benzene rings is 1. The van der Waals surface area contributed by atoms with Gasteiger partial charge in [-0.15, -0.1) is 0 Å². The minimum absolute atomic E-state index is 0.133. The number of hydrogen-bond donors (Lipinski definition) is 1. The van der Waals surface area contributed by atoms with Crippen LogP contribution in [0.1, 0.15) is 11.6 Å². The molecule has 0 fully saturated rings. The summed E-state index contributed by atoms with van der Waals surface area (Å²) in [4.78, 5) is 13.2. The lowest BCUT2D eigenvalue weighted by Gasteiger charge is -2.15. The monoisotopic (exact) mass is 218 g/mol. The maximum absolute atomic E-state index is 11.7. The molecular weight excluding hydrogens is 204 g/mol. The standard InChI is InChI=1S/C12H14N2O2/c1-14(2)12(15)11(13)9-7-16-10-6-4-3-5-8(9)10/h3-7,11H,13H2,1-2H3. The Morgan fingerprint density at radius 2 is 2.06 bits per heavy atom. The van der Waals surface area contributed by atoms with Gasteiger partial charge < -0.3 is 15.1 Å². The number of rotatable bonds is 2. The smallest absolute Gasteiger partial charge is 0.243 e. The van der Waals surface area contributed by atoms with Crippen LogP contribution in [0, 0.1) is 0 Å². The van der Waals surface area contributed by atoms with Crippen LogP contribution in [0.5, 0.6) is 0 Å². The van der Waals surface area contributed by atoms with Crippen molar-refractivity contribution in [1.82, 2.24) is 4.90 Å². The lowest BCUT2D eigenvalue weighted by molar-refractivity contribution is -0.130. The third-order valence-electron chi connectivity index (χ3n) is 2.55. The zero-order valence-corrected chi connectivity index (χ0v) is 9.31. The fourth-order valence-corrected chi connectivity index (χ4v) is 1.65. The summed E-state index contributed by atoms with van der Waals surface area (Å²) in [5, 5.41) is 0.894. The van der Waals surface area contributed by atoms with E-state index in [2.05, 4.69) is 0 Å². The topological polar surface area (TPSA) is 59.5 Å². The highest BCUT2D eigenvalue weighted by molar-refractivity contribution is 5.90. The van der Waals surface area contributed by atoms with E-state index in [4.69, 9.17) is 10.2 Å². The molecule has 2 aromatic rings. The zero-order chi connectivity index (χ0) is 11.7. The van der Waals surface area contributed by atoms with Crippen LogP contribution in [0.2, 0.25) is 0 Å². The van der Waals surface area contributed by atoms with Crippen molar-refractivity contribution >= 4 is 16.9 Å². The van der Waals surface area contributed by atoms with Gasteiger partial charge in [0.2, 0.25) is 5.91 Å². The molecule has 84 valence electrons. The SMILES string of the molecule is CN(C)C(=O)C(N)c1coc2ccccc12. The van der Waals surface area contributed by atoms with Crippen LogP contribution < -0.4 is 5.73 Å². The Hall–Kier alpha value is -1.81. The fourth-order valence-electron chi connectivity index (χ4n) is 1.65.